The maximum absolute atomic E-state index is 13.7. The van der Waals surface area contributed by atoms with Crippen LogP contribution in [0.4, 0.5) is 25.8 Å². The highest BCUT2D eigenvalue weighted by atomic mass is 19.1. The van der Waals surface area contributed by atoms with Gasteiger partial charge in [0.25, 0.3) is 0 Å². The molecule has 10 aromatic rings. The van der Waals surface area contributed by atoms with E-state index >= 15 is 0 Å². The summed E-state index contributed by atoms with van der Waals surface area (Å²) >= 11 is 0. The molecule has 2 nitrogen and oxygen atoms in total. The second kappa shape index (κ2) is 13.8. The first kappa shape index (κ1) is 33.3. The number of hydrogen-bond acceptors (Lipinski definition) is 1. The summed E-state index contributed by atoms with van der Waals surface area (Å²) in [5.74, 6) is -0.506. The van der Waals surface area contributed by atoms with Crippen LogP contribution in [0, 0.1) is 11.6 Å². The van der Waals surface area contributed by atoms with Gasteiger partial charge in [0.05, 0.1) is 11.0 Å². The van der Waals surface area contributed by atoms with Crippen LogP contribution in [0.1, 0.15) is 0 Å². The molecular formula is C52H34F2N2. The minimum atomic E-state index is -0.253. The van der Waals surface area contributed by atoms with E-state index in [4.69, 9.17) is 0 Å². The zero-order valence-corrected chi connectivity index (χ0v) is 30.3. The summed E-state index contributed by atoms with van der Waals surface area (Å²) in [4.78, 5) is 2.23. The van der Waals surface area contributed by atoms with Crippen LogP contribution in [-0.2, 0) is 0 Å². The highest BCUT2D eigenvalue weighted by Crippen LogP contribution is 2.39. The summed E-state index contributed by atoms with van der Waals surface area (Å²) in [5.41, 5.74) is 12.7. The zero-order chi connectivity index (χ0) is 37.6. The molecule has 0 radical (unpaired) electrons. The Morgan fingerprint density at radius 1 is 0.321 bits per heavy atom. The standard InChI is InChI=1S/C52H34F2N2/c53-43-21-9-36(10-22-43)38-13-25-45(26-14-38)55(46-27-15-39(16-28-46)37-11-23-44(54)24-12-37)47-29-17-40(18-30-47)42-20-32-52-50(34-42)49-7-3-4-8-51(49)56(52)48-31-19-35-5-1-2-6-41(35)33-48/h1-34H. The van der Waals surface area contributed by atoms with Gasteiger partial charge in [0.2, 0.25) is 0 Å². The van der Waals surface area contributed by atoms with Gasteiger partial charge in [-0.2, -0.15) is 0 Å². The summed E-state index contributed by atoms with van der Waals surface area (Å²) in [6.07, 6.45) is 0. The van der Waals surface area contributed by atoms with Crippen molar-refractivity contribution >= 4 is 49.6 Å². The molecule has 0 fully saturated rings. The van der Waals surface area contributed by atoms with Gasteiger partial charge in [0, 0.05) is 33.5 Å². The molecule has 0 saturated carbocycles. The van der Waals surface area contributed by atoms with Crippen LogP contribution >= 0.6 is 0 Å². The summed E-state index contributed by atoms with van der Waals surface area (Å²) in [5, 5.41) is 4.87. The van der Waals surface area contributed by atoms with Crippen molar-refractivity contribution < 1.29 is 8.78 Å². The quantitative estimate of drug-likeness (QED) is 0.159. The molecule has 10 rings (SSSR count). The fourth-order valence-electron chi connectivity index (χ4n) is 7.89. The Hall–Kier alpha value is -7.30. The molecule has 0 atom stereocenters. The fraction of sp³-hybridized carbons (Fsp3) is 0. The predicted octanol–water partition coefficient (Wildman–Crippen LogP) is 14.7. The Morgan fingerprint density at radius 2 is 0.750 bits per heavy atom. The third-order valence-corrected chi connectivity index (χ3v) is 10.7. The summed E-state index contributed by atoms with van der Waals surface area (Å²) in [6, 6.07) is 69.1. The van der Waals surface area contributed by atoms with Crippen LogP contribution in [0.5, 0.6) is 0 Å². The molecule has 266 valence electrons. The number of aromatic nitrogens is 1. The van der Waals surface area contributed by atoms with Crippen LogP contribution in [0.2, 0.25) is 0 Å². The van der Waals surface area contributed by atoms with Gasteiger partial charge < -0.3 is 9.47 Å². The van der Waals surface area contributed by atoms with E-state index in [9.17, 15) is 8.78 Å². The molecule has 0 aliphatic carbocycles. The number of rotatable bonds is 7. The number of nitrogens with zero attached hydrogens (tertiary/aromatic N) is 2. The molecule has 4 heteroatoms. The molecule has 0 amide bonds. The number of hydrogen-bond donors (Lipinski definition) is 0. The molecule has 0 aliphatic rings. The third kappa shape index (κ3) is 6.08. The van der Waals surface area contributed by atoms with Gasteiger partial charge in [0.15, 0.2) is 0 Å². The van der Waals surface area contributed by atoms with E-state index in [-0.39, 0.29) is 11.6 Å². The molecule has 0 N–H and O–H groups in total. The van der Waals surface area contributed by atoms with Gasteiger partial charge in [-0.05, 0) is 135 Å². The van der Waals surface area contributed by atoms with Crippen LogP contribution in [0.25, 0.3) is 71.6 Å². The molecule has 56 heavy (non-hydrogen) atoms. The van der Waals surface area contributed by atoms with Gasteiger partial charge in [-0.15, -0.1) is 0 Å². The van der Waals surface area contributed by atoms with Crippen molar-refractivity contribution in [1.82, 2.24) is 4.57 Å². The Morgan fingerprint density at radius 3 is 1.30 bits per heavy atom. The van der Waals surface area contributed by atoms with Crippen molar-refractivity contribution in [3.05, 3.63) is 218 Å². The van der Waals surface area contributed by atoms with E-state index in [0.29, 0.717) is 0 Å². The Labute approximate surface area is 323 Å². The molecule has 1 aromatic heterocycles. The summed E-state index contributed by atoms with van der Waals surface area (Å²) in [6.45, 7) is 0. The fourth-order valence-corrected chi connectivity index (χ4v) is 7.89. The van der Waals surface area contributed by atoms with Crippen molar-refractivity contribution in [2.24, 2.45) is 0 Å². The Balaban J connectivity index is 1.03. The minimum Gasteiger partial charge on any atom is -0.311 e. The van der Waals surface area contributed by atoms with Crippen molar-refractivity contribution in [3.8, 4) is 39.1 Å². The predicted molar refractivity (Wildman–Crippen MR) is 229 cm³/mol. The van der Waals surface area contributed by atoms with Crippen molar-refractivity contribution in [3.63, 3.8) is 0 Å². The molecule has 9 aromatic carbocycles. The monoisotopic (exact) mass is 724 g/mol. The molecule has 0 spiro atoms. The molecule has 0 aliphatic heterocycles. The number of benzene rings is 9. The second-order valence-electron chi connectivity index (χ2n) is 14.1. The zero-order valence-electron chi connectivity index (χ0n) is 30.3. The van der Waals surface area contributed by atoms with Crippen LogP contribution in [0.3, 0.4) is 0 Å². The van der Waals surface area contributed by atoms with Crippen LogP contribution in [0.15, 0.2) is 206 Å². The lowest BCUT2D eigenvalue weighted by molar-refractivity contribution is 0.627. The molecule has 0 saturated heterocycles. The maximum atomic E-state index is 13.7. The molecule has 1 heterocycles. The number of fused-ring (bicyclic) bond motifs is 4. The Kier molecular flexibility index (Phi) is 8.23. The van der Waals surface area contributed by atoms with E-state index < -0.39 is 0 Å². The van der Waals surface area contributed by atoms with E-state index in [1.165, 1.54) is 56.8 Å². The third-order valence-electron chi connectivity index (χ3n) is 10.7. The number of anilines is 3. The van der Waals surface area contributed by atoms with Crippen molar-refractivity contribution in [2.75, 3.05) is 4.90 Å². The van der Waals surface area contributed by atoms with E-state index in [1.807, 2.05) is 0 Å². The summed E-state index contributed by atoms with van der Waals surface area (Å²) < 4.78 is 29.7. The first-order valence-electron chi connectivity index (χ1n) is 18.7. The average molecular weight is 725 g/mol. The first-order chi connectivity index (χ1) is 27.6. The van der Waals surface area contributed by atoms with Gasteiger partial charge in [-0.1, -0.05) is 115 Å². The number of halogens is 2. The lowest BCUT2D eigenvalue weighted by atomic mass is 10.0. The van der Waals surface area contributed by atoms with E-state index in [1.54, 1.807) is 24.3 Å². The smallest absolute Gasteiger partial charge is 0.123 e. The average Bonchev–Trinajstić information content (AvgIpc) is 3.59. The minimum absolute atomic E-state index is 0.253. The molecule has 0 unspecified atom stereocenters. The van der Waals surface area contributed by atoms with Crippen LogP contribution in [-0.4, -0.2) is 4.57 Å². The lowest BCUT2D eigenvalue weighted by Gasteiger charge is -2.26. The van der Waals surface area contributed by atoms with Crippen molar-refractivity contribution in [2.45, 2.75) is 0 Å². The Bertz CT molecular complexity index is 2910. The van der Waals surface area contributed by atoms with E-state index in [0.717, 1.165) is 56.1 Å². The maximum Gasteiger partial charge on any atom is 0.123 e. The summed E-state index contributed by atoms with van der Waals surface area (Å²) in [7, 11) is 0. The molecule has 0 bridgehead atoms. The topological polar surface area (TPSA) is 8.17 Å². The van der Waals surface area contributed by atoms with Gasteiger partial charge in [0.1, 0.15) is 11.6 Å². The van der Waals surface area contributed by atoms with E-state index in [2.05, 4.69) is 167 Å². The molecular weight excluding hydrogens is 691 g/mol. The lowest BCUT2D eigenvalue weighted by Crippen LogP contribution is -2.09. The van der Waals surface area contributed by atoms with Crippen molar-refractivity contribution in [1.29, 1.82) is 0 Å². The first-order valence-corrected chi connectivity index (χ1v) is 18.7. The highest BCUT2D eigenvalue weighted by Gasteiger charge is 2.16. The second-order valence-corrected chi connectivity index (χ2v) is 14.1. The highest BCUT2D eigenvalue weighted by molar-refractivity contribution is 6.10. The number of para-hydroxylation sites is 1. The van der Waals surface area contributed by atoms with Crippen LogP contribution < -0.4 is 4.90 Å². The van der Waals surface area contributed by atoms with Gasteiger partial charge in [-0.25, -0.2) is 8.78 Å². The van der Waals surface area contributed by atoms with Gasteiger partial charge >= 0.3 is 0 Å². The SMILES string of the molecule is Fc1ccc(-c2ccc(N(c3ccc(-c4ccc(F)cc4)cc3)c3ccc(-c4ccc5c(c4)c4ccccc4n5-c4ccc5ccccc5c4)cc3)cc2)cc1. The van der Waals surface area contributed by atoms with Gasteiger partial charge in [-0.3, -0.25) is 0 Å². The normalized spacial score (nSPS) is 11.4. The largest absolute Gasteiger partial charge is 0.311 e.